The Hall–Kier alpha value is -6.45. The lowest BCUT2D eigenvalue weighted by molar-refractivity contribution is -0.177. The number of aliphatic hydroxyl groups excluding tert-OH is 5. The van der Waals surface area contributed by atoms with Crippen molar-refractivity contribution < 1.29 is 96.2 Å². The fourth-order valence-electron chi connectivity index (χ4n) is 10.7. The third-order valence-corrected chi connectivity index (χ3v) is 20.1. The van der Waals surface area contributed by atoms with Crippen LogP contribution in [0.25, 0.3) is 0 Å². The number of amides is 11. The predicted molar refractivity (Wildman–Crippen MR) is 390 cm³/mol. The zero-order chi connectivity index (χ0) is 81.3. The molecule has 43 heteroatoms. The van der Waals surface area contributed by atoms with Crippen molar-refractivity contribution in [3.63, 3.8) is 0 Å². The first-order chi connectivity index (χ1) is 47.6. The second kappa shape index (κ2) is 42.9. The van der Waals surface area contributed by atoms with Crippen LogP contribution in [0.2, 0.25) is 0 Å². The molecule has 0 spiro atoms. The smallest absolute Gasteiger partial charge is 0.394 e. The van der Waals surface area contributed by atoms with Gasteiger partial charge in [-0.2, -0.15) is 13.2 Å². The molecular formula is C62H96B11F3N12O17. The van der Waals surface area contributed by atoms with Gasteiger partial charge in [0.05, 0.1) is 61.5 Å². The van der Waals surface area contributed by atoms with Crippen molar-refractivity contribution in [3.05, 3.63) is 12.2 Å². The van der Waals surface area contributed by atoms with E-state index >= 15 is 0 Å². The van der Waals surface area contributed by atoms with E-state index in [1.165, 1.54) is 37.1 Å². The fourth-order valence-corrected chi connectivity index (χ4v) is 10.7. The summed E-state index contributed by atoms with van der Waals surface area (Å²) in [6.45, 7) is 30.4. The average molecular weight is 1460 g/mol. The Morgan fingerprint density at radius 1 is 0.390 bits per heavy atom. The quantitative estimate of drug-likeness (QED) is 0.0980. The van der Waals surface area contributed by atoms with Gasteiger partial charge in [0.25, 0.3) is 0 Å². The lowest BCUT2D eigenvalue weighted by Gasteiger charge is -2.22. The molecule has 105 heavy (non-hydrogen) atoms. The molecule has 22 atom stereocenters. The van der Waals surface area contributed by atoms with E-state index in [1.54, 1.807) is 47.6 Å². The lowest BCUT2D eigenvalue weighted by Crippen LogP contribution is -2.35. The molecule has 5 N–H and O–H groups in total. The Bertz CT molecular complexity index is 2780. The molecule has 10 saturated heterocycles. The highest BCUT2D eigenvalue weighted by molar-refractivity contribution is 6.24. The first-order valence-corrected chi connectivity index (χ1v) is 33.5. The number of ketones is 1. The lowest BCUT2D eigenvalue weighted by atomic mass is 10.0. The number of aliphatic hydroxyl groups is 5. The van der Waals surface area contributed by atoms with E-state index in [0.29, 0.717) is 48.2 Å². The van der Waals surface area contributed by atoms with Gasteiger partial charge < -0.3 is 78.5 Å². The molecule has 0 aromatic rings. The van der Waals surface area contributed by atoms with Crippen molar-refractivity contribution in [2.45, 2.75) is 272 Å². The molecule has 11 rings (SSSR count). The zero-order valence-corrected chi connectivity index (χ0v) is 61.7. The van der Waals surface area contributed by atoms with E-state index in [-0.39, 0.29) is 146 Å². The van der Waals surface area contributed by atoms with Crippen molar-refractivity contribution in [1.82, 2.24) is 52.9 Å². The number of rotatable bonds is 1. The Balaban J connectivity index is 0.00000113. The van der Waals surface area contributed by atoms with Crippen molar-refractivity contribution >= 4 is 165 Å². The molecule has 10 fully saturated rings. The highest BCUT2D eigenvalue weighted by Gasteiger charge is 2.50. The average Bonchev–Trinajstić information content (AvgIpc) is 1.65. The van der Waals surface area contributed by atoms with Crippen LogP contribution in [0.4, 0.5) is 13.2 Å². The summed E-state index contributed by atoms with van der Waals surface area (Å²) in [5.41, 5.74) is 0. The number of halogens is 3. The molecule has 0 aromatic heterocycles. The van der Waals surface area contributed by atoms with E-state index in [4.69, 9.17) is 108 Å². The van der Waals surface area contributed by atoms with E-state index in [1.807, 2.05) is 55.4 Å². The van der Waals surface area contributed by atoms with Crippen LogP contribution in [0.1, 0.15) is 163 Å². The molecule has 11 aliphatic rings. The zero-order valence-electron chi connectivity index (χ0n) is 61.7. The Morgan fingerprint density at radius 3 is 0.810 bits per heavy atom. The molecule has 20 unspecified atom stereocenters. The third-order valence-electron chi connectivity index (χ3n) is 20.1. The minimum absolute atomic E-state index is 0. The summed E-state index contributed by atoms with van der Waals surface area (Å²) >= 11 is 0. The van der Waals surface area contributed by atoms with Crippen LogP contribution in [-0.2, 0) is 57.5 Å². The molecule has 0 bridgehead atoms. The molecule has 22 radical (unpaired) electrons. The molecular weight excluding hydrogens is 1360 g/mol. The van der Waals surface area contributed by atoms with Crippen molar-refractivity contribution in [2.75, 3.05) is 0 Å². The maximum absolute atomic E-state index is 12.1. The number of aliphatic imine (C=N–C) groups is 1. The molecule has 11 aliphatic heterocycles. The molecule has 11 amide bonds. The van der Waals surface area contributed by atoms with Gasteiger partial charge in [0.2, 0.25) is 153 Å². The Kier molecular flexibility index (Phi) is 40.3. The number of nitrogens with zero attached hydrogens (tertiary/aromatic N) is 12. The maximum Gasteiger partial charge on any atom is 0.394 e. The Labute approximate surface area is 630 Å². The van der Waals surface area contributed by atoms with E-state index < -0.39 is 79.0 Å². The number of hydrogen-bond acceptors (Lipinski definition) is 18. The van der Waals surface area contributed by atoms with Crippen molar-refractivity contribution in [3.8, 4) is 0 Å². The summed E-state index contributed by atoms with van der Waals surface area (Å²) < 4.78 is 36.4. The van der Waals surface area contributed by atoms with E-state index in [9.17, 15) is 75.8 Å². The predicted octanol–water partition coefficient (Wildman–Crippen LogP) is -3.21. The van der Waals surface area contributed by atoms with Crippen molar-refractivity contribution in [2.24, 2.45) is 34.6 Å². The second-order valence-corrected chi connectivity index (χ2v) is 27.3. The summed E-state index contributed by atoms with van der Waals surface area (Å²) in [5, 5.41) is 45.2. The number of carbonyl (C=O) groups excluding carboxylic acids is 12. The second-order valence-electron chi connectivity index (χ2n) is 27.3. The molecule has 0 aliphatic carbocycles. The minimum Gasteiger partial charge on any atom is -0.394 e. The maximum atomic E-state index is 12.1. The highest BCUT2D eigenvalue weighted by atomic mass is 19.4. The van der Waals surface area contributed by atoms with Gasteiger partial charge in [-0.25, -0.2) is 0 Å². The first kappa shape index (κ1) is 98.6. The highest BCUT2D eigenvalue weighted by Crippen LogP contribution is 2.38. The van der Waals surface area contributed by atoms with Crippen LogP contribution in [0, 0.1) is 29.6 Å². The number of alkyl halides is 3. The van der Waals surface area contributed by atoms with Crippen LogP contribution < -0.4 is 0 Å². The topological polar surface area (TPSA) is 354 Å². The standard InChI is InChI=1S/C6H7BF3NO.C6H9BN2O.C6H10BNO2.3C6H10BNO.C5H8BNO3.2C5H8BNO2.C5H6BNO2.C5H6BNO.CH4/c1-3-4(6(8,9)10)2-5(12)11(3)7;1-4-5(8-2)3-6(10)9(4)7;1-3-5(9)4(2)8(7)6(3)10;3*1-4-3-6(9)8(7)5(4)2;1-2-3(8)4(9)5(10)7(2)6;3*1-3-4(8)2-5(9)7(3)6;1-4-2-3-5(8)7(4)6;/h3-4H,2H2,1H3;4-5H,2-3H2,1H3;3-5,9H,1-2H3;3*4-5H,3H2,1-2H3;2-4,8-9H,1H3;2*3-4,8H,2H2,1H3;3H,2H2,1H3;2-4H,1H3;1H4/t;;;;;;;2*3?,4-;;;/m.......10.../s1. The van der Waals surface area contributed by atoms with Gasteiger partial charge in [-0.1, -0.05) is 41.2 Å². The van der Waals surface area contributed by atoms with Crippen LogP contribution in [0.3, 0.4) is 0 Å². The summed E-state index contributed by atoms with van der Waals surface area (Å²) in [7, 11) is 58.0. The summed E-state index contributed by atoms with van der Waals surface area (Å²) in [5.74, 6) is -2.88. The molecule has 0 saturated carbocycles. The summed E-state index contributed by atoms with van der Waals surface area (Å²) in [6.07, 6.45) is -3.27. The van der Waals surface area contributed by atoms with Gasteiger partial charge in [0.1, 0.15) is 6.10 Å². The summed E-state index contributed by atoms with van der Waals surface area (Å²) in [4.78, 5) is 145. The minimum atomic E-state index is -4.33. The monoisotopic (exact) mass is 1460 g/mol. The summed E-state index contributed by atoms with van der Waals surface area (Å²) in [6, 6.07) is -1.84. The van der Waals surface area contributed by atoms with E-state index in [0.717, 1.165) is 24.1 Å². The number of carbonyl (C=O) groups is 12. The van der Waals surface area contributed by atoms with Gasteiger partial charge in [-0.3, -0.25) is 62.5 Å². The van der Waals surface area contributed by atoms with Crippen molar-refractivity contribution in [1.29, 1.82) is 0 Å². The van der Waals surface area contributed by atoms with Gasteiger partial charge in [0.15, 0.2) is 11.9 Å². The molecule has 0 aromatic carbocycles. The molecule has 11 heterocycles. The van der Waals surface area contributed by atoms with Crippen LogP contribution >= 0.6 is 0 Å². The van der Waals surface area contributed by atoms with Crippen LogP contribution in [-0.4, -0.2) is 353 Å². The van der Waals surface area contributed by atoms with Gasteiger partial charge >= 0.3 is 6.18 Å². The molecule has 29 nitrogen and oxygen atoms in total. The SMILES string of the molecule is C.[B]N1C(=O)C(C)C(O)C1C.[B]N1C(=O)C(O)C(O)C1C.[B]N1C(=O)C=CC1C.[B]N1C(=O)CC(=O)C1C.[B]N1C(=O)CC(C(F)(F)F)C1C.[B]N1C(=O)CC(C)C1C.[B]N1C(=O)CC(C)C1C.[B]N1C(=O)CC(C)C1C.[B]N1C(=O)CC(N=C)C1C.[B]N1C(=O)C[C@@H](O)C1C.[B]N1C(=O)C[C@H](O)C1C. The molecule has 560 valence electrons. The Morgan fingerprint density at radius 2 is 0.714 bits per heavy atom. The number of Topliss-reactive ketones (excluding diaryl/α,β-unsaturated/α-hetero) is 1. The van der Waals surface area contributed by atoms with Crippen LogP contribution in [0.5, 0.6) is 0 Å². The fraction of sp³-hybridized carbons (Fsp3) is 0.758. The number of hydrogen-bond donors (Lipinski definition) is 5. The normalized spacial score (nSPS) is 34.3. The van der Waals surface area contributed by atoms with Gasteiger partial charge in [-0.15, -0.1) is 0 Å². The van der Waals surface area contributed by atoms with Gasteiger partial charge in [0, 0.05) is 92.5 Å². The van der Waals surface area contributed by atoms with E-state index in [2.05, 4.69) is 11.7 Å². The largest absolute Gasteiger partial charge is 0.394 e. The third kappa shape index (κ3) is 26.7. The first-order valence-electron chi connectivity index (χ1n) is 33.5. The van der Waals surface area contributed by atoms with Crippen LogP contribution in [0.15, 0.2) is 17.1 Å². The van der Waals surface area contributed by atoms with Gasteiger partial charge in [-0.05, 0) is 107 Å².